The number of nitrogens with zero attached hydrogens (tertiary/aromatic N) is 1. The lowest BCUT2D eigenvalue weighted by Crippen LogP contribution is -2.37. The molecule has 0 aliphatic rings. The molecule has 4 heteroatoms. The first-order chi connectivity index (χ1) is 9.70. The van der Waals surface area contributed by atoms with Gasteiger partial charge >= 0.3 is 0 Å². The van der Waals surface area contributed by atoms with Crippen molar-refractivity contribution in [1.29, 1.82) is 0 Å². The van der Waals surface area contributed by atoms with Crippen molar-refractivity contribution in [3.63, 3.8) is 0 Å². The fourth-order valence-electron chi connectivity index (χ4n) is 2.07. The van der Waals surface area contributed by atoms with E-state index in [-0.39, 0.29) is 11.2 Å². The fourth-order valence-corrected chi connectivity index (χ4v) is 3.17. The van der Waals surface area contributed by atoms with Crippen LogP contribution in [0.25, 0.3) is 0 Å². The third-order valence-electron chi connectivity index (χ3n) is 3.18. The predicted molar refractivity (Wildman–Crippen MR) is 88.3 cm³/mol. The van der Waals surface area contributed by atoms with E-state index < -0.39 is 0 Å². The maximum absolute atomic E-state index is 12.5. The van der Waals surface area contributed by atoms with E-state index in [2.05, 4.69) is 18.7 Å². The molecule has 0 spiro atoms. The highest BCUT2D eigenvalue weighted by atomic mass is 32.1. The molecule has 106 valence electrons. The third kappa shape index (κ3) is 4.12. The zero-order chi connectivity index (χ0) is 14.4. The summed E-state index contributed by atoms with van der Waals surface area (Å²) in [5.41, 5.74) is 1.15. The van der Waals surface area contributed by atoms with Gasteiger partial charge in [0.2, 0.25) is 5.91 Å². The van der Waals surface area contributed by atoms with E-state index in [0.29, 0.717) is 19.5 Å². The van der Waals surface area contributed by atoms with Crippen LogP contribution in [0.4, 0.5) is 0 Å². The van der Waals surface area contributed by atoms with Crippen molar-refractivity contribution < 1.29 is 4.79 Å². The number of hydrogen-bond donors (Lipinski definition) is 1. The van der Waals surface area contributed by atoms with Crippen molar-refractivity contribution in [3.05, 3.63) is 58.3 Å². The zero-order valence-corrected chi connectivity index (χ0v) is 13.2. The number of thiophene rings is 1. The van der Waals surface area contributed by atoms with Crippen molar-refractivity contribution in [1.82, 2.24) is 4.90 Å². The molecule has 0 saturated heterocycles. The van der Waals surface area contributed by atoms with E-state index in [0.717, 1.165) is 5.56 Å². The van der Waals surface area contributed by atoms with Crippen LogP contribution in [0, 0.1) is 0 Å². The molecule has 0 radical (unpaired) electrons. The molecule has 1 atom stereocenters. The van der Waals surface area contributed by atoms with Crippen molar-refractivity contribution in [2.45, 2.75) is 25.1 Å². The Hall–Kier alpha value is -1.26. The first-order valence-electron chi connectivity index (χ1n) is 6.74. The number of benzene rings is 1. The summed E-state index contributed by atoms with van der Waals surface area (Å²) in [4.78, 5) is 15.5. The number of carbonyl (C=O) groups excluding carboxylic acids is 1. The molecule has 2 rings (SSSR count). The highest BCUT2D eigenvalue weighted by molar-refractivity contribution is 7.81. The highest BCUT2D eigenvalue weighted by Gasteiger charge is 2.20. The molecule has 1 aromatic carbocycles. The standard InChI is InChI=1S/C16H19NOS2/c1-2-17(12-14-9-6-10-20-14)16(18)15(19)11-13-7-4-3-5-8-13/h3-10,15,19H,2,11-12H2,1H3. The van der Waals surface area contributed by atoms with Crippen LogP contribution in [-0.2, 0) is 17.8 Å². The van der Waals surface area contributed by atoms with Gasteiger partial charge in [-0.2, -0.15) is 12.6 Å². The topological polar surface area (TPSA) is 20.3 Å². The number of amides is 1. The van der Waals surface area contributed by atoms with Crippen LogP contribution in [0.15, 0.2) is 47.8 Å². The predicted octanol–water partition coefficient (Wildman–Crippen LogP) is 3.64. The molecule has 0 saturated carbocycles. The van der Waals surface area contributed by atoms with Gasteiger partial charge in [0, 0.05) is 11.4 Å². The van der Waals surface area contributed by atoms with Crippen LogP contribution in [-0.4, -0.2) is 22.6 Å². The summed E-state index contributed by atoms with van der Waals surface area (Å²) in [6.07, 6.45) is 0.670. The Morgan fingerprint density at radius 2 is 2.00 bits per heavy atom. The van der Waals surface area contributed by atoms with Gasteiger partial charge in [0.1, 0.15) is 0 Å². The van der Waals surface area contributed by atoms with Gasteiger partial charge in [-0.3, -0.25) is 4.79 Å². The molecule has 2 nitrogen and oxygen atoms in total. The molecule has 0 aliphatic carbocycles. The second-order valence-corrected chi connectivity index (χ2v) is 6.29. The lowest BCUT2D eigenvalue weighted by molar-refractivity contribution is -0.130. The summed E-state index contributed by atoms with van der Waals surface area (Å²) in [7, 11) is 0. The smallest absolute Gasteiger partial charge is 0.236 e. The van der Waals surface area contributed by atoms with Gasteiger partial charge in [0.05, 0.1) is 11.8 Å². The first kappa shape index (κ1) is 15.1. The minimum atomic E-state index is -0.280. The molecular weight excluding hydrogens is 286 g/mol. The van der Waals surface area contributed by atoms with Crippen molar-refractivity contribution in [2.75, 3.05) is 6.54 Å². The van der Waals surface area contributed by atoms with Gasteiger partial charge in [-0.25, -0.2) is 0 Å². The average molecular weight is 305 g/mol. The molecule has 1 heterocycles. The number of carbonyl (C=O) groups is 1. The molecule has 20 heavy (non-hydrogen) atoms. The molecule has 2 aromatic rings. The van der Waals surface area contributed by atoms with Gasteiger partial charge in [-0.1, -0.05) is 36.4 Å². The van der Waals surface area contributed by atoms with Crippen molar-refractivity contribution in [3.8, 4) is 0 Å². The Labute approximate surface area is 129 Å². The van der Waals surface area contributed by atoms with E-state index in [1.807, 2.05) is 53.6 Å². The van der Waals surface area contributed by atoms with Crippen LogP contribution in [0.5, 0.6) is 0 Å². The summed E-state index contributed by atoms with van der Waals surface area (Å²) < 4.78 is 0. The maximum Gasteiger partial charge on any atom is 0.236 e. The Morgan fingerprint density at radius 3 is 2.60 bits per heavy atom. The molecule has 0 aliphatic heterocycles. The van der Waals surface area contributed by atoms with Crippen LogP contribution >= 0.6 is 24.0 Å². The summed E-state index contributed by atoms with van der Waals surface area (Å²) in [6.45, 7) is 3.40. The highest BCUT2D eigenvalue weighted by Crippen LogP contribution is 2.15. The van der Waals surface area contributed by atoms with Gasteiger partial charge in [0.25, 0.3) is 0 Å². The second kappa shape index (κ2) is 7.50. The first-order valence-corrected chi connectivity index (χ1v) is 8.13. The lowest BCUT2D eigenvalue weighted by atomic mass is 10.1. The monoisotopic (exact) mass is 305 g/mol. The van der Waals surface area contributed by atoms with Gasteiger partial charge < -0.3 is 4.90 Å². The molecule has 1 aromatic heterocycles. The summed E-state index contributed by atoms with van der Waals surface area (Å²) >= 11 is 6.17. The number of thiol groups is 1. The zero-order valence-electron chi connectivity index (χ0n) is 11.5. The van der Waals surface area contributed by atoms with Crippen LogP contribution < -0.4 is 0 Å². The van der Waals surface area contributed by atoms with E-state index in [9.17, 15) is 4.79 Å². The third-order valence-corrected chi connectivity index (χ3v) is 4.44. The Bertz CT molecular complexity index is 525. The van der Waals surface area contributed by atoms with Crippen molar-refractivity contribution in [2.24, 2.45) is 0 Å². The Morgan fingerprint density at radius 1 is 1.25 bits per heavy atom. The molecule has 1 amide bonds. The minimum absolute atomic E-state index is 0.105. The molecule has 0 fully saturated rings. The lowest BCUT2D eigenvalue weighted by Gasteiger charge is -2.23. The normalized spacial score (nSPS) is 12.1. The molecule has 0 bridgehead atoms. The van der Waals surface area contributed by atoms with Crippen molar-refractivity contribution >= 4 is 29.9 Å². The van der Waals surface area contributed by atoms with E-state index in [1.54, 1.807) is 11.3 Å². The van der Waals surface area contributed by atoms with Crippen LogP contribution in [0.1, 0.15) is 17.4 Å². The van der Waals surface area contributed by atoms with Gasteiger partial charge in [-0.05, 0) is 30.4 Å². The van der Waals surface area contributed by atoms with Gasteiger partial charge in [-0.15, -0.1) is 11.3 Å². The largest absolute Gasteiger partial charge is 0.337 e. The summed E-state index contributed by atoms with van der Waals surface area (Å²) in [5, 5.41) is 1.76. The minimum Gasteiger partial charge on any atom is -0.337 e. The average Bonchev–Trinajstić information content (AvgIpc) is 2.98. The molecule has 1 unspecified atom stereocenters. The van der Waals surface area contributed by atoms with E-state index in [1.165, 1.54) is 4.88 Å². The SMILES string of the molecule is CCN(Cc1cccs1)C(=O)C(S)Cc1ccccc1. The molecule has 0 N–H and O–H groups in total. The number of hydrogen-bond acceptors (Lipinski definition) is 3. The van der Waals surface area contributed by atoms with E-state index in [4.69, 9.17) is 0 Å². The molecular formula is C16H19NOS2. The quantitative estimate of drug-likeness (QED) is 0.808. The Kier molecular flexibility index (Phi) is 5.68. The fraction of sp³-hybridized carbons (Fsp3) is 0.312. The van der Waals surface area contributed by atoms with E-state index >= 15 is 0 Å². The number of rotatable bonds is 6. The summed E-state index contributed by atoms with van der Waals surface area (Å²) in [5.74, 6) is 0.105. The maximum atomic E-state index is 12.5. The van der Waals surface area contributed by atoms with Crippen LogP contribution in [0.2, 0.25) is 0 Å². The second-order valence-electron chi connectivity index (χ2n) is 4.64. The van der Waals surface area contributed by atoms with Crippen LogP contribution in [0.3, 0.4) is 0 Å². The summed E-state index contributed by atoms with van der Waals surface area (Å²) in [6, 6.07) is 14.1. The van der Waals surface area contributed by atoms with Gasteiger partial charge in [0.15, 0.2) is 0 Å². The Balaban J connectivity index is 1.97.